The van der Waals surface area contributed by atoms with Gasteiger partial charge >= 0.3 is 0 Å². The van der Waals surface area contributed by atoms with Crippen LogP contribution >= 0.6 is 0 Å². The minimum atomic E-state index is -0.110. The molecule has 1 amide bonds. The van der Waals surface area contributed by atoms with Gasteiger partial charge in [-0.1, -0.05) is 66.7 Å². The standard InChI is InChI=1S/C25H22N2O2/c1-18-23(27-25(29-18)20-12-6-3-7-13-20)17-24(28)26-22-15-9-8-14-21(22)16-19-10-4-2-5-11-19/h2-15H,16-17H2,1H3,(H,26,28). The van der Waals surface area contributed by atoms with Crippen molar-refractivity contribution in [2.24, 2.45) is 0 Å². The van der Waals surface area contributed by atoms with E-state index in [4.69, 9.17) is 4.42 Å². The number of carbonyl (C=O) groups is 1. The molecule has 1 aromatic heterocycles. The zero-order valence-corrected chi connectivity index (χ0v) is 16.3. The van der Waals surface area contributed by atoms with E-state index in [1.807, 2.05) is 79.7 Å². The number of rotatable bonds is 6. The number of benzene rings is 3. The average Bonchev–Trinajstić information content (AvgIpc) is 3.11. The van der Waals surface area contributed by atoms with Crippen LogP contribution in [0.15, 0.2) is 89.3 Å². The van der Waals surface area contributed by atoms with Crippen molar-refractivity contribution in [2.75, 3.05) is 5.32 Å². The van der Waals surface area contributed by atoms with E-state index in [9.17, 15) is 4.79 Å². The number of hydrogen-bond donors (Lipinski definition) is 1. The van der Waals surface area contributed by atoms with E-state index in [1.54, 1.807) is 0 Å². The van der Waals surface area contributed by atoms with Gasteiger partial charge in [-0.15, -0.1) is 0 Å². The van der Waals surface area contributed by atoms with Crippen molar-refractivity contribution in [1.82, 2.24) is 4.98 Å². The van der Waals surface area contributed by atoms with Gasteiger partial charge in [0.15, 0.2) is 0 Å². The maximum absolute atomic E-state index is 12.7. The number of aryl methyl sites for hydroxylation is 1. The first-order valence-corrected chi connectivity index (χ1v) is 9.62. The highest BCUT2D eigenvalue weighted by Gasteiger charge is 2.15. The molecule has 144 valence electrons. The number of para-hydroxylation sites is 1. The van der Waals surface area contributed by atoms with Gasteiger partial charge in [0.2, 0.25) is 11.8 Å². The molecule has 3 aromatic carbocycles. The first kappa shape index (κ1) is 18.7. The van der Waals surface area contributed by atoms with Gasteiger partial charge in [-0.2, -0.15) is 0 Å². The molecule has 4 rings (SSSR count). The molecule has 0 aliphatic carbocycles. The Bertz CT molecular complexity index is 1100. The summed E-state index contributed by atoms with van der Waals surface area (Å²) in [6, 6.07) is 27.8. The summed E-state index contributed by atoms with van der Waals surface area (Å²) < 4.78 is 5.76. The molecule has 0 radical (unpaired) electrons. The molecule has 29 heavy (non-hydrogen) atoms. The molecule has 4 nitrogen and oxygen atoms in total. The van der Waals surface area contributed by atoms with E-state index < -0.39 is 0 Å². The zero-order chi connectivity index (χ0) is 20.1. The minimum Gasteiger partial charge on any atom is -0.441 e. The van der Waals surface area contributed by atoms with Crippen molar-refractivity contribution >= 4 is 11.6 Å². The number of carbonyl (C=O) groups excluding carboxylic acids is 1. The van der Waals surface area contributed by atoms with Crippen LogP contribution in [0.25, 0.3) is 11.5 Å². The molecule has 0 saturated heterocycles. The zero-order valence-electron chi connectivity index (χ0n) is 16.3. The predicted octanol–water partition coefficient (Wildman–Crippen LogP) is 5.42. The molecule has 0 fully saturated rings. The van der Waals surface area contributed by atoms with Crippen molar-refractivity contribution in [3.05, 3.63) is 108 Å². The summed E-state index contributed by atoms with van der Waals surface area (Å²) in [6.45, 7) is 1.84. The molecule has 0 atom stereocenters. The van der Waals surface area contributed by atoms with Crippen molar-refractivity contribution in [3.8, 4) is 11.5 Å². The summed E-state index contributed by atoms with van der Waals surface area (Å²) >= 11 is 0. The third kappa shape index (κ3) is 4.61. The fourth-order valence-corrected chi connectivity index (χ4v) is 3.25. The lowest BCUT2D eigenvalue weighted by molar-refractivity contribution is -0.115. The largest absolute Gasteiger partial charge is 0.441 e. The maximum atomic E-state index is 12.7. The van der Waals surface area contributed by atoms with E-state index in [1.165, 1.54) is 5.56 Å². The molecule has 0 aliphatic rings. The molecule has 0 aliphatic heterocycles. The Morgan fingerprint density at radius 2 is 1.55 bits per heavy atom. The molecule has 0 spiro atoms. The van der Waals surface area contributed by atoms with Crippen LogP contribution in [0.2, 0.25) is 0 Å². The predicted molar refractivity (Wildman–Crippen MR) is 115 cm³/mol. The quantitative estimate of drug-likeness (QED) is 0.484. The Hall–Kier alpha value is -3.66. The van der Waals surface area contributed by atoms with Crippen molar-refractivity contribution < 1.29 is 9.21 Å². The average molecular weight is 382 g/mol. The normalized spacial score (nSPS) is 10.7. The second-order valence-electron chi connectivity index (χ2n) is 6.93. The van der Waals surface area contributed by atoms with Gasteiger partial charge in [0.05, 0.1) is 12.1 Å². The topological polar surface area (TPSA) is 55.1 Å². The van der Waals surface area contributed by atoms with Gasteiger partial charge in [-0.25, -0.2) is 4.98 Å². The first-order valence-electron chi connectivity index (χ1n) is 9.62. The Balaban J connectivity index is 1.48. The number of nitrogens with zero attached hydrogens (tertiary/aromatic N) is 1. The monoisotopic (exact) mass is 382 g/mol. The summed E-state index contributed by atoms with van der Waals surface area (Å²) in [4.78, 5) is 17.2. The summed E-state index contributed by atoms with van der Waals surface area (Å²) in [7, 11) is 0. The lowest BCUT2D eigenvalue weighted by Gasteiger charge is -2.11. The van der Waals surface area contributed by atoms with Crippen LogP contribution in [0.3, 0.4) is 0 Å². The summed E-state index contributed by atoms with van der Waals surface area (Å²) in [5.74, 6) is 1.09. The van der Waals surface area contributed by atoms with Crippen LogP contribution in [0.1, 0.15) is 22.6 Å². The van der Waals surface area contributed by atoms with Gasteiger partial charge in [0.25, 0.3) is 0 Å². The van der Waals surface area contributed by atoms with Crippen molar-refractivity contribution in [1.29, 1.82) is 0 Å². The minimum absolute atomic E-state index is 0.110. The molecular weight excluding hydrogens is 360 g/mol. The van der Waals surface area contributed by atoms with Crippen LogP contribution in [0.5, 0.6) is 0 Å². The molecule has 0 saturated carbocycles. The Morgan fingerprint density at radius 3 is 2.31 bits per heavy atom. The SMILES string of the molecule is Cc1oc(-c2ccccc2)nc1CC(=O)Nc1ccccc1Cc1ccccc1. The number of hydrogen-bond acceptors (Lipinski definition) is 3. The van der Waals surface area contributed by atoms with Crippen LogP contribution < -0.4 is 5.32 Å². The fourth-order valence-electron chi connectivity index (χ4n) is 3.25. The Kier molecular flexibility index (Phi) is 5.52. The summed E-state index contributed by atoms with van der Waals surface area (Å²) in [6.07, 6.45) is 0.931. The molecule has 4 heteroatoms. The van der Waals surface area contributed by atoms with Crippen molar-refractivity contribution in [2.45, 2.75) is 19.8 Å². The van der Waals surface area contributed by atoms with Gasteiger partial charge in [0, 0.05) is 11.3 Å². The van der Waals surface area contributed by atoms with Gasteiger partial charge in [0.1, 0.15) is 5.76 Å². The van der Waals surface area contributed by atoms with E-state index in [0.717, 1.165) is 23.2 Å². The van der Waals surface area contributed by atoms with Crippen LogP contribution in [-0.2, 0) is 17.6 Å². The lowest BCUT2D eigenvalue weighted by Crippen LogP contribution is -2.16. The number of oxazole rings is 1. The lowest BCUT2D eigenvalue weighted by atomic mass is 10.0. The van der Waals surface area contributed by atoms with Gasteiger partial charge in [-0.05, 0) is 42.7 Å². The number of aromatic nitrogens is 1. The number of amides is 1. The molecular formula is C25H22N2O2. The van der Waals surface area contributed by atoms with E-state index >= 15 is 0 Å². The van der Waals surface area contributed by atoms with Crippen LogP contribution in [0, 0.1) is 6.92 Å². The van der Waals surface area contributed by atoms with Crippen LogP contribution in [0.4, 0.5) is 5.69 Å². The summed E-state index contributed by atoms with van der Waals surface area (Å²) in [5, 5.41) is 3.03. The number of nitrogens with one attached hydrogen (secondary N) is 1. The Labute approximate surface area is 170 Å². The van der Waals surface area contributed by atoms with Crippen molar-refractivity contribution in [3.63, 3.8) is 0 Å². The van der Waals surface area contributed by atoms with Crippen LogP contribution in [-0.4, -0.2) is 10.9 Å². The highest BCUT2D eigenvalue weighted by molar-refractivity contribution is 5.93. The molecule has 0 unspecified atom stereocenters. The fraction of sp³-hybridized carbons (Fsp3) is 0.120. The third-order valence-corrected chi connectivity index (χ3v) is 4.77. The highest BCUT2D eigenvalue weighted by atomic mass is 16.4. The second kappa shape index (κ2) is 8.57. The van der Waals surface area contributed by atoms with E-state index in [2.05, 4.69) is 22.4 Å². The first-order chi connectivity index (χ1) is 14.2. The molecule has 4 aromatic rings. The highest BCUT2D eigenvalue weighted by Crippen LogP contribution is 2.23. The second-order valence-corrected chi connectivity index (χ2v) is 6.93. The summed E-state index contributed by atoms with van der Waals surface area (Å²) in [5.41, 5.74) is 4.66. The Morgan fingerprint density at radius 1 is 0.897 bits per heavy atom. The molecule has 1 N–H and O–H groups in total. The van der Waals surface area contributed by atoms with Gasteiger partial charge in [-0.3, -0.25) is 4.79 Å². The number of anilines is 1. The smallest absolute Gasteiger partial charge is 0.230 e. The molecule has 1 heterocycles. The molecule has 0 bridgehead atoms. The maximum Gasteiger partial charge on any atom is 0.230 e. The van der Waals surface area contributed by atoms with E-state index in [-0.39, 0.29) is 12.3 Å². The van der Waals surface area contributed by atoms with E-state index in [0.29, 0.717) is 17.3 Å². The van der Waals surface area contributed by atoms with Gasteiger partial charge < -0.3 is 9.73 Å². The third-order valence-electron chi connectivity index (χ3n) is 4.77.